The predicted molar refractivity (Wildman–Crippen MR) is 54.1 cm³/mol. The summed E-state index contributed by atoms with van der Waals surface area (Å²) in [5.41, 5.74) is 0.388. The average molecular weight is 274 g/mol. The summed E-state index contributed by atoms with van der Waals surface area (Å²) in [4.78, 5) is 3.67. The highest BCUT2D eigenvalue weighted by Gasteiger charge is 2.14. The maximum Gasteiger partial charge on any atom is 0.154 e. The van der Waals surface area contributed by atoms with Gasteiger partial charge in [0.1, 0.15) is 17.2 Å². The summed E-state index contributed by atoms with van der Waals surface area (Å²) in [6.07, 6.45) is 2.62. The van der Waals surface area contributed by atoms with Crippen LogP contribution in [0.2, 0.25) is 0 Å². The molecule has 0 saturated carbocycles. The fraction of sp³-hybridized carbons (Fsp3) is 0.111. The Morgan fingerprint density at radius 1 is 1.33 bits per heavy atom. The first-order valence-electron chi connectivity index (χ1n) is 4.08. The molecule has 78 valence electrons. The molecule has 0 aliphatic carbocycles. The Balaban J connectivity index is 2.59. The second kappa shape index (κ2) is 3.69. The van der Waals surface area contributed by atoms with Crippen LogP contribution in [0, 0.1) is 11.6 Å². The second-order valence-corrected chi connectivity index (χ2v) is 3.84. The molecule has 0 aliphatic rings. The van der Waals surface area contributed by atoms with Gasteiger partial charge >= 0.3 is 0 Å². The number of aromatic nitrogens is 3. The van der Waals surface area contributed by atoms with E-state index in [0.717, 1.165) is 12.3 Å². The summed E-state index contributed by atoms with van der Waals surface area (Å²) < 4.78 is 28.1. The molecule has 0 aliphatic heterocycles. The lowest BCUT2D eigenvalue weighted by atomic mass is 10.2. The first-order chi connectivity index (χ1) is 7.08. The third kappa shape index (κ3) is 1.90. The Hall–Kier alpha value is -1.30. The lowest BCUT2D eigenvalue weighted by molar-refractivity contribution is 0.575. The molecule has 2 aromatic rings. The number of hydrogen-bond acceptors (Lipinski definition) is 2. The van der Waals surface area contributed by atoms with E-state index in [4.69, 9.17) is 0 Å². The van der Waals surface area contributed by atoms with Crippen molar-refractivity contribution >= 4 is 15.9 Å². The largest absolute Gasteiger partial charge is 0.274 e. The highest BCUT2D eigenvalue weighted by Crippen LogP contribution is 2.26. The molecule has 0 atom stereocenters. The van der Waals surface area contributed by atoms with E-state index in [-0.39, 0.29) is 5.69 Å². The van der Waals surface area contributed by atoms with E-state index in [2.05, 4.69) is 26.0 Å². The number of halogens is 3. The zero-order chi connectivity index (χ0) is 11.0. The average Bonchev–Trinajstić information content (AvgIpc) is 2.45. The molecule has 0 bridgehead atoms. The summed E-state index contributed by atoms with van der Waals surface area (Å²) >= 11 is 3.22. The van der Waals surface area contributed by atoms with Gasteiger partial charge in [0.2, 0.25) is 0 Å². The van der Waals surface area contributed by atoms with E-state index in [9.17, 15) is 8.78 Å². The van der Waals surface area contributed by atoms with Crippen LogP contribution in [0.3, 0.4) is 0 Å². The summed E-state index contributed by atoms with van der Waals surface area (Å²) in [6, 6.07) is 0.781. The third-order valence-electron chi connectivity index (χ3n) is 1.82. The van der Waals surface area contributed by atoms with E-state index in [1.165, 1.54) is 4.68 Å². The topological polar surface area (TPSA) is 30.7 Å². The molecule has 2 heterocycles. The van der Waals surface area contributed by atoms with Crippen LogP contribution in [0.15, 0.2) is 22.9 Å². The SMILES string of the molecule is Cn1cc(Br)c(-c2ncc(F)cc2F)n1. The van der Waals surface area contributed by atoms with Gasteiger partial charge in [0.15, 0.2) is 5.82 Å². The van der Waals surface area contributed by atoms with Gasteiger partial charge in [0, 0.05) is 19.3 Å². The minimum absolute atomic E-state index is 0.0314. The van der Waals surface area contributed by atoms with Crippen LogP contribution >= 0.6 is 15.9 Å². The fourth-order valence-electron chi connectivity index (χ4n) is 1.21. The molecule has 0 N–H and O–H groups in total. The normalized spacial score (nSPS) is 10.7. The van der Waals surface area contributed by atoms with Crippen molar-refractivity contribution in [2.24, 2.45) is 7.05 Å². The maximum absolute atomic E-state index is 13.4. The second-order valence-electron chi connectivity index (χ2n) is 2.98. The van der Waals surface area contributed by atoms with Crippen LogP contribution in [0.25, 0.3) is 11.4 Å². The van der Waals surface area contributed by atoms with Crippen molar-refractivity contribution < 1.29 is 8.78 Å². The van der Waals surface area contributed by atoms with Crippen LogP contribution in [0.4, 0.5) is 8.78 Å². The van der Waals surface area contributed by atoms with E-state index in [1.54, 1.807) is 13.2 Å². The van der Waals surface area contributed by atoms with Crippen molar-refractivity contribution in [3.05, 3.63) is 34.6 Å². The molecular formula is C9H6BrF2N3. The molecule has 2 aromatic heterocycles. The van der Waals surface area contributed by atoms with Crippen molar-refractivity contribution in [1.29, 1.82) is 0 Å². The molecule has 15 heavy (non-hydrogen) atoms. The van der Waals surface area contributed by atoms with Crippen molar-refractivity contribution in [2.45, 2.75) is 0 Å². The zero-order valence-electron chi connectivity index (χ0n) is 7.71. The Morgan fingerprint density at radius 3 is 2.60 bits per heavy atom. The van der Waals surface area contributed by atoms with E-state index >= 15 is 0 Å². The van der Waals surface area contributed by atoms with Gasteiger partial charge < -0.3 is 0 Å². The van der Waals surface area contributed by atoms with Gasteiger partial charge in [-0.15, -0.1) is 0 Å². The molecule has 3 nitrogen and oxygen atoms in total. The lowest BCUT2D eigenvalue weighted by Gasteiger charge is -1.98. The Kier molecular flexibility index (Phi) is 2.52. The first kappa shape index (κ1) is 10.2. The van der Waals surface area contributed by atoms with Gasteiger partial charge in [0.25, 0.3) is 0 Å². The molecule has 0 saturated heterocycles. The monoisotopic (exact) mass is 273 g/mol. The van der Waals surface area contributed by atoms with Gasteiger partial charge in [-0.25, -0.2) is 13.8 Å². The quantitative estimate of drug-likeness (QED) is 0.800. The number of aryl methyl sites for hydroxylation is 1. The highest BCUT2D eigenvalue weighted by molar-refractivity contribution is 9.10. The van der Waals surface area contributed by atoms with Crippen LogP contribution < -0.4 is 0 Å². The van der Waals surface area contributed by atoms with Gasteiger partial charge in [-0.2, -0.15) is 5.10 Å². The van der Waals surface area contributed by atoms with Gasteiger partial charge in [-0.05, 0) is 15.9 Å². The van der Waals surface area contributed by atoms with Crippen molar-refractivity contribution in [2.75, 3.05) is 0 Å². The summed E-state index contributed by atoms with van der Waals surface area (Å²) in [5.74, 6) is -1.43. The molecule has 6 heteroatoms. The van der Waals surface area contributed by atoms with Crippen LogP contribution in [-0.4, -0.2) is 14.8 Å². The number of hydrogen-bond donors (Lipinski definition) is 0. The van der Waals surface area contributed by atoms with Crippen molar-refractivity contribution in [3.8, 4) is 11.4 Å². The minimum Gasteiger partial charge on any atom is -0.274 e. The summed E-state index contributed by atoms with van der Waals surface area (Å²) in [6.45, 7) is 0. The Bertz CT molecular complexity index is 510. The van der Waals surface area contributed by atoms with Crippen LogP contribution in [0.1, 0.15) is 0 Å². The molecular weight excluding hydrogens is 268 g/mol. The molecule has 0 spiro atoms. The highest BCUT2D eigenvalue weighted by atomic mass is 79.9. The molecule has 0 amide bonds. The van der Waals surface area contributed by atoms with E-state index < -0.39 is 11.6 Å². The van der Waals surface area contributed by atoms with Gasteiger partial charge in [0.05, 0.1) is 10.7 Å². The fourth-order valence-corrected chi connectivity index (χ4v) is 1.77. The number of nitrogens with zero attached hydrogens (tertiary/aromatic N) is 3. The predicted octanol–water partition coefficient (Wildman–Crippen LogP) is 2.52. The third-order valence-corrected chi connectivity index (χ3v) is 2.40. The smallest absolute Gasteiger partial charge is 0.154 e. The maximum atomic E-state index is 13.4. The molecule has 2 rings (SSSR count). The molecule has 0 fully saturated rings. The van der Waals surface area contributed by atoms with Gasteiger partial charge in [-0.1, -0.05) is 0 Å². The molecule has 0 unspecified atom stereocenters. The van der Waals surface area contributed by atoms with Crippen molar-refractivity contribution in [1.82, 2.24) is 14.8 Å². The zero-order valence-corrected chi connectivity index (χ0v) is 9.29. The standard InChI is InChI=1S/C9H6BrF2N3/c1-15-4-6(10)8(14-15)9-7(12)2-5(11)3-13-9/h2-4H,1H3. The van der Waals surface area contributed by atoms with Crippen molar-refractivity contribution in [3.63, 3.8) is 0 Å². The first-order valence-corrected chi connectivity index (χ1v) is 4.88. The molecule has 0 radical (unpaired) electrons. The van der Waals surface area contributed by atoms with Crippen LogP contribution in [0.5, 0.6) is 0 Å². The van der Waals surface area contributed by atoms with E-state index in [0.29, 0.717) is 10.2 Å². The van der Waals surface area contributed by atoms with E-state index in [1.807, 2.05) is 0 Å². The number of pyridine rings is 1. The lowest BCUT2D eigenvalue weighted by Crippen LogP contribution is -1.94. The summed E-state index contributed by atoms with van der Waals surface area (Å²) in [5, 5.41) is 4.02. The van der Waals surface area contributed by atoms with Gasteiger partial charge in [-0.3, -0.25) is 4.68 Å². The minimum atomic E-state index is -0.727. The summed E-state index contributed by atoms with van der Waals surface area (Å²) in [7, 11) is 1.70. The molecule has 0 aromatic carbocycles. The Labute approximate surface area is 92.9 Å². The Morgan fingerprint density at radius 2 is 2.07 bits per heavy atom. The van der Waals surface area contributed by atoms with Crippen LogP contribution in [-0.2, 0) is 7.05 Å². The number of rotatable bonds is 1.